The van der Waals surface area contributed by atoms with Crippen LogP contribution in [0.2, 0.25) is 4.34 Å². The van der Waals surface area contributed by atoms with Gasteiger partial charge in [-0.05, 0) is 19.4 Å². The molecule has 0 bridgehead atoms. The number of hydrogen-bond acceptors (Lipinski definition) is 5. The van der Waals surface area contributed by atoms with Crippen LogP contribution in [0.4, 0.5) is 0 Å². The number of fused-ring (bicyclic) bond motifs is 1. The summed E-state index contributed by atoms with van der Waals surface area (Å²) >= 11 is 7.11. The molecule has 23 heavy (non-hydrogen) atoms. The van der Waals surface area contributed by atoms with Crippen LogP contribution in [-0.2, 0) is 19.6 Å². The van der Waals surface area contributed by atoms with Crippen molar-refractivity contribution < 1.29 is 17.9 Å². The average Bonchev–Trinajstić information content (AvgIpc) is 2.87. The van der Waals surface area contributed by atoms with Gasteiger partial charge in [-0.25, -0.2) is 8.42 Å². The number of halogens is 1. The molecule has 0 fully saturated rings. The molecular weight excluding hydrogens is 360 g/mol. The predicted molar refractivity (Wildman–Crippen MR) is 90.4 cm³/mol. The molecule has 0 aliphatic carbocycles. The van der Waals surface area contributed by atoms with Crippen molar-refractivity contribution in [1.82, 2.24) is 9.21 Å². The molecule has 1 aliphatic rings. The lowest BCUT2D eigenvalue weighted by atomic mass is 10.1. The first-order valence-electron chi connectivity index (χ1n) is 7.38. The van der Waals surface area contributed by atoms with E-state index in [0.717, 1.165) is 11.3 Å². The molecule has 0 saturated heterocycles. The Labute approximate surface area is 146 Å². The topological polar surface area (TPSA) is 66.9 Å². The third-order valence-electron chi connectivity index (χ3n) is 3.88. The molecule has 0 unspecified atom stereocenters. The van der Waals surface area contributed by atoms with E-state index in [1.165, 1.54) is 11.2 Å². The SMILES string of the molecule is CCN(C(C)=O)[C@H]1CN(CCCOC)S(=O)(=O)c2sc(Cl)cc21. The van der Waals surface area contributed by atoms with Crippen molar-refractivity contribution >= 4 is 38.9 Å². The highest BCUT2D eigenvalue weighted by atomic mass is 35.5. The molecule has 0 spiro atoms. The number of hydrogen-bond donors (Lipinski definition) is 0. The molecule has 0 aromatic carbocycles. The second-order valence-electron chi connectivity index (χ2n) is 5.32. The lowest BCUT2D eigenvalue weighted by Gasteiger charge is -2.37. The van der Waals surface area contributed by atoms with Crippen LogP contribution in [0.25, 0.3) is 0 Å². The van der Waals surface area contributed by atoms with Crippen molar-refractivity contribution in [3.8, 4) is 0 Å². The fraction of sp³-hybridized carbons (Fsp3) is 0.643. The quantitative estimate of drug-likeness (QED) is 0.710. The van der Waals surface area contributed by atoms with Crippen LogP contribution >= 0.6 is 22.9 Å². The lowest BCUT2D eigenvalue weighted by molar-refractivity contribution is -0.131. The van der Waals surface area contributed by atoms with E-state index in [1.807, 2.05) is 6.92 Å². The average molecular weight is 381 g/mol. The Bertz CT molecular complexity index is 674. The predicted octanol–water partition coefficient (Wildman–Crippen LogP) is 2.35. The maximum absolute atomic E-state index is 12.8. The molecular formula is C14H21ClN2O4S2. The standard InChI is InChI=1S/C14H21ClN2O4S2/c1-4-17(10(2)18)12-9-16(6-5-7-21-3)23(19,20)14-11(12)8-13(15)22-14/h8,12H,4-7,9H2,1-3H3/t12-/m0/s1. The van der Waals surface area contributed by atoms with Crippen molar-refractivity contribution in [1.29, 1.82) is 0 Å². The molecule has 1 atom stereocenters. The fourth-order valence-electron chi connectivity index (χ4n) is 2.82. The first kappa shape index (κ1) is 18.7. The number of nitrogens with zero attached hydrogens (tertiary/aromatic N) is 2. The number of rotatable bonds is 6. The molecule has 130 valence electrons. The molecule has 1 amide bonds. The lowest BCUT2D eigenvalue weighted by Crippen LogP contribution is -2.46. The second-order valence-corrected chi connectivity index (χ2v) is 9.14. The summed E-state index contributed by atoms with van der Waals surface area (Å²) in [4.78, 5) is 13.6. The van der Waals surface area contributed by atoms with Crippen molar-refractivity contribution in [2.45, 2.75) is 30.5 Å². The third-order valence-corrected chi connectivity index (χ3v) is 7.55. The highest BCUT2D eigenvalue weighted by molar-refractivity contribution is 7.91. The summed E-state index contributed by atoms with van der Waals surface area (Å²) in [7, 11) is -1.99. The smallest absolute Gasteiger partial charge is 0.253 e. The number of ether oxygens (including phenoxy) is 1. The van der Waals surface area contributed by atoms with E-state index >= 15 is 0 Å². The first-order valence-corrected chi connectivity index (χ1v) is 10.0. The van der Waals surface area contributed by atoms with E-state index in [0.29, 0.717) is 36.0 Å². The van der Waals surface area contributed by atoms with Crippen molar-refractivity contribution in [2.24, 2.45) is 0 Å². The molecule has 6 nitrogen and oxygen atoms in total. The summed E-state index contributed by atoms with van der Waals surface area (Å²) in [5.41, 5.74) is 0.625. The van der Waals surface area contributed by atoms with Gasteiger partial charge in [0.15, 0.2) is 0 Å². The van der Waals surface area contributed by atoms with E-state index in [1.54, 1.807) is 18.1 Å². The molecule has 0 N–H and O–H groups in total. The Morgan fingerprint density at radius 3 is 2.83 bits per heavy atom. The highest BCUT2D eigenvalue weighted by Gasteiger charge is 2.41. The third kappa shape index (κ3) is 3.71. The van der Waals surface area contributed by atoms with Crippen LogP contribution < -0.4 is 0 Å². The Kier molecular flexibility index (Phi) is 6.07. The zero-order chi connectivity index (χ0) is 17.2. The molecule has 1 aromatic rings. The van der Waals surface area contributed by atoms with Gasteiger partial charge in [0, 0.05) is 45.8 Å². The van der Waals surface area contributed by atoms with Crippen LogP contribution in [0.1, 0.15) is 31.9 Å². The molecule has 2 rings (SSSR count). The molecule has 9 heteroatoms. The van der Waals surface area contributed by atoms with Crippen molar-refractivity contribution in [2.75, 3.05) is 33.4 Å². The van der Waals surface area contributed by atoms with Gasteiger partial charge in [0.05, 0.1) is 10.4 Å². The summed E-state index contributed by atoms with van der Waals surface area (Å²) < 4.78 is 32.6. The fourth-order valence-corrected chi connectivity index (χ4v) is 6.43. The summed E-state index contributed by atoms with van der Waals surface area (Å²) in [5, 5.41) is 0. The largest absolute Gasteiger partial charge is 0.385 e. The van der Waals surface area contributed by atoms with Gasteiger partial charge < -0.3 is 9.64 Å². The van der Waals surface area contributed by atoms with Crippen LogP contribution in [0.15, 0.2) is 10.3 Å². The van der Waals surface area contributed by atoms with Gasteiger partial charge >= 0.3 is 0 Å². The number of likely N-dealkylation sites (N-methyl/N-ethyl adjacent to an activating group) is 1. The monoisotopic (exact) mass is 380 g/mol. The maximum atomic E-state index is 12.8. The van der Waals surface area contributed by atoms with Gasteiger partial charge in [-0.3, -0.25) is 4.79 Å². The maximum Gasteiger partial charge on any atom is 0.253 e. The summed E-state index contributed by atoms with van der Waals surface area (Å²) in [6, 6.07) is 1.37. The Morgan fingerprint density at radius 1 is 1.57 bits per heavy atom. The van der Waals surface area contributed by atoms with E-state index in [2.05, 4.69) is 0 Å². The van der Waals surface area contributed by atoms with Crippen LogP contribution in [0.3, 0.4) is 0 Å². The number of carbonyl (C=O) groups is 1. The van der Waals surface area contributed by atoms with Crippen LogP contribution in [0.5, 0.6) is 0 Å². The second kappa shape index (κ2) is 7.48. The van der Waals surface area contributed by atoms with Gasteiger partial charge in [-0.2, -0.15) is 4.31 Å². The van der Waals surface area contributed by atoms with E-state index in [-0.39, 0.29) is 22.7 Å². The Balaban J connectivity index is 2.42. The first-order chi connectivity index (χ1) is 10.8. The molecule has 2 heterocycles. The minimum absolute atomic E-state index is 0.0816. The molecule has 1 aliphatic heterocycles. The zero-order valence-corrected chi connectivity index (χ0v) is 15.8. The van der Waals surface area contributed by atoms with E-state index < -0.39 is 10.0 Å². The molecule has 0 saturated carbocycles. The van der Waals surface area contributed by atoms with Gasteiger partial charge in [-0.1, -0.05) is 11.6 Å². The molecule has 0 radical (unpaired) electrons. The minimum atomic E-state index is -3.57. The number of thiophene rings is 1. The summed E-state index contributed by atoms with van der Waals surface area (Å²) in [6.45, 7) is 4.98. The van der Waals surface area contributed by atoms with Crippen molar-refractivity contribution in [3.05, 3.63) is 16.0 Å². The van der Waals surface area contributed by atoms with Gasteiger partial charge in [0.1, 0.15) is 4.21 Å². The highest BCUT2D eigenvalue weighted by Crippen LogP contribution is 2.42. The summed E-state index contributed by atoms with van der Waals surface area (Å²) in [5.74, 6) is -0.0816. The normalized spacial score (nSPS) is 20.3. The van der Waals surface area contributed by atoms with Crippen molar-refractivity contribution in [3.63, 3.8) is 0 Å². The van der Waals surface area contributed by atoms with E-state index in [9.17, 15) is 13.2 Å². The van der Waals surface area contributed by atoms with Crippen LogP contribution in [-0.4, -0.2) is 56.9 Å². The number of methoxy groups -OCH3 is 1. The Morgan fingerprint density at radius 2 is 2.26 bits per heavy atom. The van der Waals surface area contributed by atoms with Gasteiger partial charge in [0.25, 0.3) is 10.0 Å². The summed E-state index contributed by atoms with van der Waals surface area (Å²) in [6.07, 6.45) is 0.600. The zero-order valence-electron chi connectivity index (χ0n) is 13.4. The number of sulfonamides is 1. The van der Waals surface area contributed by atoms with Gasteiger partial charge in [0.2, 0.25) is 5.91 Å². The molecule has 1 aromatic heterocycles. The number of amides is 1. The van der Waals surface area contributed by atoms with E-state index in [4.69, 9.17) is 16.3 Å². The Hall–Kier alpha value is -0.670. The van der Waals surface area contributed by atoms with Gasteiger partial charge in [-0.15, -0.1) is 11.3 Å². The van der Waals surface area contributed by atoms with Crippen LogP contribution in [0, 0.1) is 0 Å². The number of carbonyl (C=O) groups excluding carboxylic acids is 1. The minimum Gasteiger partial charge on any atom is -0.385 e.